The number of aromatic hydroxyl groups is 1. The second-order valence-corrected chi connectivity index (χ2v) is 10.1. The standard InChI is InChI=1S/C32H48N2O4/c1-2-3-4-5-6-7-8-9-10-11-12-13-14-15-16-17-31(36)33-26-34-32(37)27-18-22-29(23-19-27)38-30-24-20-28(35)21-25-30/h18-25,35H,2-17,26H2,1H3,(H,33,36)(H,34,37). The van der Waals surface area contributed by atoms with Crippen molar-refractivity contribution in [3.05, 3.63) is 54.1 Å². The molecule has 0 radical (unpaired) electrons. The molecule has 0 aliphatic carbocycles. The van der Waals surface area contributed by atoms with Crippen LogP contribution in [0.25, 0.3) is 0 Å². The minimum atomic E-state index is -0.256. The molecule has 0 bridgehead atoms. The van der Waals surface area contributed by atoms with Gasteiger partial charge in [-0.2, -0.15) is 0 Å². The molecule has 0 saturated heterocycles. The van der Waals surface area contributed by atoms with E-state index in [1.165, 1.54) is 83.5 Å². The summed E-state index contributed by atoms with van der Waals surface area (Å²) in [6.07, 6.45) is 20.0. The molecule has 0 unspecified atom stereocenters. The Morgan fingerprint density at radius 1 is 0.632 bits per heavy atom. The maximum Gasteiger partial charge on any atom is 0.252 e. The highest BCUT2D eigenvalue weighted by molar-refractivity contribution is 5.94. The van der Waals surface area contributed by atoms with Crippen LogP contribution in [0.2, 0.25) is 0 Å². The quantitative estimate of drug-likeness (QED) is 0.113. The second-order valence-electron chi connectivity index (χ2n) is 10.1. The van der Waals surface area contributed by atoms with Crippen LogP contribution in [-0.4, -0.2) is 23.6 Å². The number of hydrogen-bond donors (Lipinski definition) is 3. The molecule has 6 nitrogen and oxygen atoms in total. The summed E-state index contributed by atoms with van der Waals surface area (Å²) in [5.41, 5.74) is 0.486. The number of amides is 2. The minimum Gasteiger partial charge on any atom is -0.508 e. The van der Waals surface area contributed by atoms with E-state index in [9.17, 15) is 14.7 Å². The third-order valence-electron chi connectivity index (χ3n) is 6.73. The van der Waals surface area contributed by atoms with Gasteiger partial charge in [0, 0.05) is 12.0 Å². The number of hydrogen-bond acceptors (Lipinski definition) is 4. The molecule has 0 saturated carbocycles. The predicted octanol–water partition coefficient (Wildman–Crippen LogP) is 8.25. The Kier molecular flexibility index (Phi) is 16.4. The van der Waals surface area contributed by atoms with Gasteiger partial charge in [0.25, 0.3) is 5.91 Å². The van der Waals surface area contributed by atoms with Crippen molar-refractivity contribution >= 4 is 11.8 Å². The lowest BCUT2D eigenvalue weighted by Crippen LogP contribution is -2.37. The van der Waals surface area contributed by atoms with Crippen LogP contribution in [0.5, 0.6) is 17.2 Å². The molecule has 210 valence electrons. The lowest BCUT2D eigenvalue weighted by atomic mass is 10.0. The molecule has 2 aromatic rings. The van der Waals surface area contributed by atoms with E-state index in [0.717, 1.165) is 12.8 Å². The molecule has 2 aromatic carbocycles. The molecule has 2 rings (SSSR count). The molecule has 3 N–H and O–H groups in total. The smallest absolute Gasteiger partial charge is 0.252 e. The number of phenols is 1. The Morgan fingerprint density at radius 2 is 1.08 bits per heavy atom. The van der Waals surface area contributed by atoms with Gasteiger partial charge in [-0.15, -0.1) is 0 Å². The highest BCUT2D eigenvalue weighted by Crippen LogP contribution is 2.23. The fourth-order valence-electron chi connectivity index (χ4n) is 4.39. The molecule has 38 heavy (non-hydrogen) atoms. The Balaban J connectivity index is 1.42. The summed E-state index contributed by atoms with van der Waals surface area (Å²) >= 11 is 0. The number of carbonyl (C=O) groups is 2. The average Bonchev–Trinajstić information content (AvgIpc) is 2.92. The first-order valence-electron chi connectivity index (χ1n) is 14.7. The van der Waals surface area contributed by atoms with Crippen molar-refractivity contribution in [3.8, 4) is 17.2 Å². The zero-order chi connectivity index (χ0) is 27.3. The first-order valence-corrected chi connectivity index (χ1v) is 14.7. The summed E-state index contributed by atoms with van der Waals surface area (Å²) in [6.45, 7) is 2.38. The van der Waals surface area contributed by atoms with E-state index in [4.69, 9.17) is 4.74 Å². The van der Waals surface area contributed by atoms with Gasteiger partial charge >= 0.3 is 0 Å². The van der Waals surface area contributed by atoms with E-state index in [1.54, 1.807) is 48.5 Å². The lowest BCUT2D eigenvalue weighted by Gasteiger charge is -2.09. The fourth-order valence-corrected chi connectivity index (χ4v) is 4.39. The normalized spacial score (nSPS) is 10.8. The van der Waals surface area contributed by atoms with E-state index < -0.39 is 0 Å². The molecule has 2 amide bonds. The van der Waals surface area contributed by atoms with E-state index in [1.807, 2.05) is 0 Å². The van der Waals surface area contributed by atoms with Crippen LogP contribution < -0.4 is 15.4 Å². The molecule has 6 heteroatoms. The average molecular weight is 525 g/mol. The highest BCUT2D eigenvalue weighted by Gasteiger charge is 2.07. The molecule has 0 spiro atoms. The number of nitrogens with one attached hydrogen (secondary N) is 2. The molecular formula is C32H48N2O4. The number of phenolic OH excluding ortho intramolecular Hbond substituents is 1. The lowest BCUT2D eigenvalue weighted by molar-refractivity contribution is -0.121. The Hall–Kier alpha value is -3.02. The van der Waals surface area contributed by atoms with Gasteiger partial charge in [0.05, 0.1) is 6.67 Å². The van der Waals surface area contributed by atoms with Gasteiger partial charge in [0.15, 0.2) is 0 Å². The van der Waals surface area contributed by atoms with Gasteiger partial charge < -0.3 is 20.5 Å². The minimum absolute atomic E-state index is 0.0300. The van der Waals surface area contributed by atoms with Gasteiger partial charge in [-0.25, -0.2) is 0 Å². The van der Waals surface area contributed by atoms with Gasteiger partial charge in [-0.1, -0.05) is 96.8 Å². The van der Waals surface area contributed by atoms with E-state index in [2.05, 4.69) is 17.6 Å². The van der Waals surface area contributed by atoms with Crippen molar-refractivity contribution in [2.75, 3.05) is 6.67 Å². The van der Waals surface area contributed by atoms with Crippen molar-refractivity contribution in [2.45, 2.75) is 110 Å². The van der Waals surface area contributed by atoms with Crippen molar-refractivity contribution in [1.82, 2.24) is 10.6 Å². The van der Waals surface area contributed by atoms with Crippen molar-refractivity contribution in [3.63, 3.8) is 0 Å². The monoisotopic (exact) mass is 524 g/mol. The SMILES string of the molecule is CCCCCCCCCCCCCCCCCC(=O)NCNC(=O)c1ccc(Oc2ccc(O)cc2)cc1. The third kappa shape index (κ3) is 14.7. The van der Waals surface area contributed by atoms with Crippen molar-refractivity contribution < 1.29 is 19.4 Å². The molecule has 0 atom stereocenters. The molecule has 0 aliphatic heterocycles. The summed E-state index contributed by atoms with van der Waals surface area (Å²) in [7, 11) is 0. The van der Waals surface area contributed by atoms with Crippen LogP contribution in [0.15, 0.2) is 48.5 Å². The van der Waals surface area contributed by atoms with Crippen molar-refractivity contribution in [1.29, 1.82) is 0 Å². The van der Waals surface area contributed by atoms with Crippen LogP contribution in [0.1, 0.15) is 120 Å². The highest BCUT2D eigenvalue weighted by atomic mass is 16.5. The van der Waals surface area contributed by atoms with E-state index in [-0.39, 0.29) is 24.2 Å². The molecule has 0 aliphatic rings. The molecule has 0 fully saturated rings. The first kappa shape index (κ1) is 31.2. The Bertz CT molecular complexity index is 897. The Labute approximate surface area is 229 Å². The summed E-state index contributed by atoms with van der Waals surface area (Å²) < 4.78 is 5.69. The topological polar surface area (TPSA) is 87.7 Å². The maximum absolute atomic E-state index is 12.3. The van der Waals surface area contributed by atoms with Crippen molar-refractivity contribution in [2.24, 2.45) is 0 Å². The van der Waals surface area contributed by atoms with Gasteiger partial charge in [-0.05, 0) is 55.0 Å². The number of benzene rings is 2. The van der Waals surface area contributed by atoms with Gasteiger partial charge in [-0.3, -0.25) is 9.59 Å². The fraction of sp³-hybridized carbons (Fsp3) is 0.562. The van der Waals surface area contributed by atoms with Crippen LogP contribution >= 0.6 is 0 Å². The second kappa shape index (κ2) is 20.0. The molecular weight excluding hydrogens is 476 g/mol. The molecule has 0 heterocycles. The van der Waals surface area contributed by atoms with E-state index >= 15 is 0 Å². The summed E-state index contributed by atoms with van der Waals surface area (Å²) in [4.78, 5) is 24.3. The number of carbonyl (C=O) groups excluding carboxylic acids is 2. The van der Waals surface area contributed by atoms with Crippen LogP contribution in [0.3, 0.4) is 0 Å². The van der Waals surface area contributed by atoms with Crippen LogP contribution in [0, 0.1) is 0 Å². The summed E-state index contributed by atoms with van der Waals surface area (Å²) in [5.74, 6) is 1.07. The number of unbranched alkanes of at least 4 members (excludes halogenated alkanes) is 14. The van der Waals surface area contributed by atoms with Crippen LogP contribution in [0.4, 0.5) is 0 Å². The number of rotatable bonds is 21. The Morgan fingerprint density at radius 3 is 1.58 bits per heavy atom. The van der Waals surface area contributed by atoms with Gasteiger partial charge in [0.1, 0.15) is 17.2 Å². The zero-order valence-electron chi connectivity index (χ0n) is 23.3. The first-order chi connectivity index (χ1) is 18.6. The number of ether oxygens (including phenoxy) is 1. The maximum atomic E-state index is 12.3. The predicted molar refractivity (Wildman–Crippen MR) is 155 cm³/mol. The molecule has 0 aromatic heterocycles. The third-order valence-corrected chi connectivity index (χ3v) is 6.73. The zero-order valence-corrected chi connectivity index (χ0v) is 23.3. The van der Waals surface area contributed by atoms with Crippen LogP contribution in [-0.2, 0) is 4.79 Å². The van der Waals surface area contributed by atoms with Gasteiger partial charge in [0.2, 0.25) is 5.91 Å². The summed E-state index contributed by atoms with van der Waals surface area (Å²) in [5, 5.41) is 14.8. The van der Waals surface area contributed by atoms with E-state index in [0.29, 0.717) is 23.5 Å². The largest absolute Gasteiger partial charge is 0.508 e. The summed E-state index contributed by atoms with van der Waals surface area (Å²) in [6, 6.07) is 13.2.